The third-order valence-corrected chi connectivity index (χ3v) is 5.17. The van der Waals surface area contributed by atoms with Crippen LogP contribution < -0.4 is 21.3 Å². The molecule has 2 amide bonds. The molecule has 0 saturated carbocycles. The van der Waals surface area contributed by atoms with Crippen LogP contribution >= 0.6 is 0 Å². The van der Waals surface area contributed by atoms with Crippen LogP contribution in [-0.2, 0) is 16.1 Å². The van der Waals surface area contributed by atoms with Crippen LogP contribution in [0.2, 0.25) is 0 Å². The van der Waals surface area contributed by atoms with Crippen LogP contribution in [-0.4, -0.2) is 24.4 Å². The first-order chi connectivity index (χ1) is 14.1. The molecule has 154 valence electrons. The second-order valence-electron chi connectivity index (χ2n) is 7.43. The van der Waals surface area contributed by atoms with Gasteiger partial charge in [0.2, 0.25) is 11.8 Å². The van der Waals surface area contributed by atoms with Crippen LogP contribution in [0.25, 0.3) is 0 Å². The van der Waals surface area contributed by atoms with Crippen molar-refractivity contribution in [2.45, 2.75) is 51.6 Å². The van der Waals surface area contributed by atoms with Gasteiger partial charge in [-0.1, -0.05) is 25.5 Å². The first-order valence-electron chi connectivity index (χ1n) is 10.4. The molecule has 1 heterocycles. The number of carbonyl (C=O) groups excluding carboxylic acids is 2. The number of rotatable bonds is 8. The number of carbonyl (C=O) groups is 2. The number of nitrogens with one attached hydrogen (secondary N) is 2. The maximum absolute atomic E-state index is 12.8. The van der Waals surface area contributed by atoms with E-state index in [9.17, 15) is 9.59 Å². The standard InChI is InChI=1S/C23H30N4O2/c1-2-6-21(25-19-8-5-7-17(15-19)16-24)23(29)26-18-10-12-20(13-11-18)27-14-4-3-9-22(27)28/h5,7-8,10-13,15,21,25H,2-4,6,9,14,16,24H2,1H3,(H,26,29). The van der Waals surface area contributed by atoms with E-state index in [4.69, 9.17) is 5.73 Å². The van der Waals surface area contributed by atoms with Gasteiger partial charge in [-0.05, 0) is 61.2 Å². The van der Waals surface area contributed by atoms with Crippen molar-refractivity contribution in [2.75, 3.05) is 22.1 Å². The molecule has 1 saturated heterocycles. The lowest BCUT2D eigenvalue weighted by Gasteiger charge is -2.27. The highest BCUT2D eigenvalue weighted by molar-refractivity contribution is 5.97. The normalized spacial score (nSPS) is 15.1. The van der Waals surface area contributed by atoms with Crippen molar-refractivity contribution in [1.82, 2.24) is 0 Å². The third-order valence-electron chi connectivity index (χ3n) is 5.17. The van der Waals surface area contributed by atoms with Crippen LogP contribution in [0.15, 0.2) is 48.5 Å². The van der Waals surface area contributed by atoms with E-state index in [-0.39, 0.29) is 17.9 Å². The Kier molecular flexibility index (Phi) is 7.25. The summed E-state index contributed by atoms with van der Waals surface area (Å²) in [5.41, 5.74) is 9.23. The van der Waals surface area contributed by atoms with Crippen LogP contribution in [0.3, 0.4) is 0 Å². The molecule has 2 aromatic rings. The maximum atomic E-state index is 12.8. The third kappa shape index (κ3) is 5.57. The van der Waals surface area contributed by atoms with Crippen molar-refractivity contribution >= 4 is 28.9 Å². The van der Waals surface area contributed by atoms with Crippen LogP contribution in [0.1, 0.15) is 44.6 Å². The molecule has 6 nitrogen and oxygen atoms in total. The monoisotopic (exact) mass is 394 g/mol. The first kappa shape index (κ1) is 20.9. The van der Waals surface area contributed by atoms with Crippen molar-refractivity contribution in [2.24, 2.45) is 5.73 Å². The Bertz CT molecular complexity index is 835. The molecule has 0 radical (unpaired) electrons. The minimum Gasteiger partial charge on any atom is -0.374 e. The summed E-state index contributed by atoms with van der Waals surface area (Å²) in [6.07, 6.45) is 4.20. The van der Waals surface area contributed by atoms with E-state index in [0.29, 0.717) is 13.0 Å². The highest BCUT2D eigenvalue weighted by atomic mass is 16.2. The van der Waals surface area contributed by atoms with Gasteiger partial charge in [0, 0.05) is 36.6 Å². The summed E-state index contributed by atoms with van der Waals surface area (Å²) >= 11 is 0. The molecular formula is C23H30N4O2. The van der Waals surface area contributed by atoms with Gasteiger partial charge in [-0.3, -0.25) is 9.59 Å². The van der Waals surface area contributed by atoms with Crippen molar-refractivity contribution < 1.29 is 9.59 Å². The van der Waals surface area contributed by atoms with E-state index < -0.39 is 0 Å². The lowest BCUT2D eigenvalue weighted by molar-refractivity contribution is -0.119. The van der Waals surface area contributed by atoms with Gasteiger partial charge in [-0.2, -0.15) is 0 Å². The van der Waals surface area contributed by atoms with E-state index in [1.807, 2.05) is 53.4 Å². The molecule has 29 heavy (non-hydrogen) atoms. The summed E-state index contributed by atoms with van der Waals surface area (Å²) < 4.78 is 0. The fourth-order valence-corrected chi connectivity index (χ4v) is 3.58. The molecule has 1 fully saturated rings. The molecule has 1 atom stereocenters. The summed E-state index contributed by atoms with van der Waals surface area (Å²) in [6, 6.07) is 15.0. The summed E-state index contributed by atoms with van der Waals surface area (Å²) in [5, 5.41) is 6.31. The van der Waals surface area contributed by atoms with Gasteiger partial charge < -0.3 is 21.3 Å². The molecule has 3 rings (SSSR count). The fourth-order valence-electron chi connectivity index (χ4n) is 3.58. The highest BCUT2D eigenvalue weighted by Crippen LogP contribution is 2.23. The Morgan fingerprint density at radius 2 is 1.93 bits per heavy atom. The second kappa shape index (κ2) is 10.1. The molecule has 4 N–H and O–H groups in total. The highest BCUT2D eigenvalue weighted by Gasteiger charge is 2.20. The summed E-state index contributed by atoms with van der Waals surface area (Å²) in [5.74, 6) is 0.0896. The van der Waals surface area contributed by atoms with Gasteiger partial charge >= 0.3 is 0 Å². The van der Waals surface area contributed by atoms with Crippen LogP contribution in [0, 0.1) is 0 Å². The zero-order valence-electron chi connectivity index (χ0n) is 17.0. The lowest BCUT2D eigenvalue weighted by atomic mass is 10.1. The predicted molar refractivity (Wildman–Crippen MR) is 118 cm³/mol. The summed E-state index contributed by atoms with van der Waals surface area (Å²) in [7, 11) is 0. The Labute approximate surface area is 172 Å². The fraction of sp³-hybridized carbons (Fsp3) is 0.391. The predicted octanol–water partition coefficient (Wildman–Crippen LogP) is 3.88. The zero-order valence-corrected chi connectivity index (χ0v) is 17.0. The molecule has 6 heteroatoms. The number of hydrogen-bond acceptors (Lipinski definition) is 4. The number of nitrogens with two attached hydrogens (primary N) is 1. The van der Waals surface area contributed by atoms with E-state index in [2.05, 4.69) is 17.6 Å². The molecule has 2 aromatic carbocycles. The molecule has 1 aliphatic rings. The number of hydrogen-bond donors (Lipinski definition) is 3. The van der Waals surface area contributed by atoms with E-state index in [1.54, 1.807) is 0 Å². The average Bonchev–Trinajstić information content (AvgIpc) is 2.74. The Balaban J connectivity index is 1.65. The molecule has 0 bridgehead atoms. The van der Waals surface area contributed by atoms with Crippen LogP contribution in [0.4, 0.5) is 17.1 Å². The van der Waals surface area contributed by atoms with Gasteiger partial charge in [-0.25, -0.2) is 0 Å². The SMILES string of the molecule is CCCC(Nc1cccc(CN)c1)C(=O)Nc1ccc(N2CCCCC2=O)cc1. The Morgan fingerprint density at radius 3 is 2.62 bits per heavy atom. The molecule has 0 aromatic heterocycles. The van der Waals surface area contributed by atoms with Crippen molar-refractivity contribution in [3.63, 3.8) is 0 Å². The number of anilines is 3. The Hall–Kier alpha value is -2.86. The number of benzene rings is 2. The van der Waals surface area contributed by atoms with E-state index >= 15 is 0 Å². The number of nitrogens with zero attached hydrogens (tertiary/aromatic N) is 1. The zero-order chi connectivity index (χ0) is 20.6. The van der Waals surface area contributed by atoms with Gasteiger partial charge in [0.1, 0.15) is 6.04 Å². The molecule has 0 spiro atoms. The Morgan fingerprint density at radius 1 is 1.14 bits per heavy atom. The van der Waals surface area contributed by atoms with Crippen molar-refractivity contribution in [1.29, 1.82) is 0 Å². The van der Waals surface area contributed by atoms with E-state index in [0.717, 1.165) is 54.9 Å². The topological polar surface area (TPSA) is 87.5 Å². The van der Waals surface area contributed by atoms with Gasteiger partial charge in [-0.15, -0.1) is 0 Å². The van der Waals surface area contributed by atoms with Crippen molar-refractivity contribution in [3.8, 4) is 0 Å². The minimum atomic E-state index is -0.337. The van der Waals surface area contributed by atoms with E-state index in [1.165, 1.54) is 0 Å². The number of piperidine rings is 1. The lowest BCUT2D eigenvalue weighted by Crippen LogP contribution is -2.35. The smallest absolute Gasteiger partial charge is 0.246 e. The van der Waals surface area contributed by atoms with Gasteiger partial charge in [0.15, 0.2) is 0 Å². The molecule has 1 unspecified atom stereocenters. The van der Waals surface area contributed by atoms with Crippen LogP contribution in [0.5, 0.6) is 0 Å². The largest absolute Gasteiger partial charge is 0.374 e. The first-order valence-corrected chi connectivity index (χ1v) is 10.4. The minimum absolute atomic E-state index is 0.0770. The molecular weight excluding hydrogens is 364 g/mol. The molecule has 1 aliphatic heterocycles. The summed E-state index contributed by atoms with van der Waals surface area (Å²) in [6.45, 7) is 3.28. The van der Waals surface area contributed by atoms with Gasteiger partial charge in [0.25, 0.3) is 0 Å². The number of amides is 2. The maximum Gasteiger partial charge on any atom is 0.246 e. The summed E-state index contributed by atoms with van der Waals surface area (Å²) in [4.78, 5) is 26.7. The second-order valence-corrected chi connectivity index (χ2v) is 7.43. The van der Waals surface area contributed by atoms with Gasteiger partial charge in [0.05, 0.1) is 0 Å². The van der Waals surface area contributed by atoms with Crippen molar-refractivity contribution in [3.05, 3.63) is 54.1 Å². The molecule has 0 aliphatic carbocycles. The quantitative estimate of drug-likeness (QED) is 0.634. The average molecular weight is 395 g/mol.